The van der Waals surface area contributed by atoms with Crippen LogP contribution >= 0.6 is 0 Å². The predicted molar refractivity (Wildman–Crippen MR) is 54.3 cm³/mol. The van der Waals surface area contributed by atoms with Crippen LogP contribution in [-0.4, -0.2) is 11.8 Å². The molecule has 0 aromatic carbocycles. The van der Waals surface area contributed by atoms with E-state index in [2.05, 4.69) is 0 Å². The number of ketones is 1. The van der Waals surface area contributed by atoms with Crippen molar-refractivity contribution in [1.82, 2.24) is 0 Å². The molecule has 0 N–H and O–H groups in total. The van der Waals surface area contributed by atoms with Crippen molar-refractivity contribution in [2.24, 2.45) is 10.8 Å². The van der Waals surface area contributed by atoms with E-state index in [1.54, 1.807) is 41.5 Å². The Bertz CT molecular complexity index is 207. The van der Waals surface area contributed by atoms with Crippen molar-refractivity contribution in [3.8, 4) is 0 Å². The molecule has 0 spiro atoms. The van der Waals surface area contributed by atoms with Gasteiger partial charge < -0.3 is 9.53 Å². The molecule has 0 aromatic rings. The van der Waals surface area contributed by atoms with Crippen LogP contribution in [0.2, 0.25) is 0 Å². The first-order valence-electron chi connectivity index (χ1n) is 4.64. The normalized spacial score (nSPS) is 11.3. The van der Waals surface area contributed by atoms with Crippen LogP contribution in [0.1, 0.15) is 41.5 Å². The van der Waals surface area contributed by atoms with E-state index in [1.807, 2.05) is 0 Å². The molecule has 0 radical (unpaired) electrons. The summed E-state index contributed by atoms with van der Waals surface area (Å²) in [6.45, 7) is 11.6. The molecule has 82 valence electrons. The molecule has 0 rings (SSSR count). The van der Waals surface area contributed by atoms with Gasteiger partial charge in [-0.2, -0.15) is 6.61 Å². The average molecular weight is 206 g/mol. The van der Waals surface area contributed by atoms with Crippen molar-refractivity contribution in [2.45, 2.75) is 41.5 Å². The summed E-state index contributed by atoms with van der Waals surface area (Å²) in [7, 11) is 0. The Morgan fingerprint density at radius 1 is 0.933 bits per heavy atom. The third-order valence-corrected chi connectivity index (χ3v) is 1.62. The maximum atomic E-state index is 11.4. The minimum Gasteiger partial charge on any atom is -0.610 e. The summed E-state index contributed by atoms with van der Waals surface area (Å²) >= 11 is 0. The molecule has 15 heavy (non-hydrogen) atoms. The quantitative estimate of drug-likeness (QED) is 0.343. The number of carbonyl (C=O) groups excluding carboxylic acids is 2. The summed E-state index contributed by atoms with van der Waals surface area (Å²) in [5.74, 6) is -0.579. The van der Waals surface area contributed by atoms with Gasteiger partial charge in [0.25, 0.3) is 5.97 Å². The summed E-state index contributed by atoms with van der Waals surface area (Å²) in [6, 6.07) is 0. The number of esters is 1. The van der Waals surface area contributed by atoms with Gasteiger partial charge in [0, 0.05) is 5.78 Å². The minimum atomic E-state index is -0.575. The summed E-state index contributed by atoms with van der Waals surface area (Å²) in [6.07, 6.45) is 0. The number of carbonyl (C=O) groups is 2. The molecule has 0 saturated heterocycles. The molecule has 3 nitrogen and oxygen atoms in total. The minimum absolute atomic E-state index is 0. The third-order valence-electron chi connectivity index (χ3n) is 1.62. The monoisotopic (exact) mass is 206 g/mol. The van der Waals surface area contributed by atoms with Crippen molar-refractivity contribution >= 4 is 11.8 Å². The van der Waals surface area contributed by atoms with Crippen molar-refractivity contribution in [3.05, 3.63) is 6.61 Å². The van der Waals surface area contributed by atoms with Crippen LogP contribution in [-0.2, 0) is 14.3 Å². The van der Waals surface area contributed by atoms with E-state index in [0.29, 0.717) is 0 Å². The van der Waals surface area contributed by atoms with Crippen molar-refractivity contribution in [1.29, 1.82) is 0 Å². The Hall–Kier alpha value is -0.393. The Labute approximate surface area is 104 Å². The zero-order valence-corrected chi connectivity index (χ0v) is 10.8. The standard InChI is InChI=1S/C11H19O3.Li/c1-10(2,3)8(12)7-14-9(13)11(4,5)6;/h7H,1-6H3;/q-1;+1. The number of Topliss-reactive ketones (excluding diaryl/α,β-unsaturated/α-hetero) is 1. The molecule has 0 aromatic heterocycles. The molecule has 0 bridgehead atoms. The first kappa shape index (κ1) is 17.0. The van der Waals surface area contributed by atoms with Gasteiger partial charge in [-0.15, -0.1) is 0 Å². The maximum Gasteiger partial charge on any atom is 1.00 e. The van der Waals surface area contributed by atoms with Gasteiger partial charge in [-0.05, 0) is 26.2 Å². The van der Waals surface area contributed by atoms with Gasteiger partial charge in [-0.1, -0.05) is 20.8 Å². The van der Waals surface area contributed by atoms with Gasteiger partial charge in [-0.3, -0.25) is 4.79 Å². The van der Waals surface area contributed by atoms with E-state index in [-0.39, 0.29) is 24.6 Å². The zero-order chi connectivity index (χ0) is 11.6. The van der Waals surface area contributed by atoms with E-state index in [1.165, 1.54) is 0 Å². The summed E-state index contributed by atoms with van der Waals surface area (Å²) in [4.78, 5) is 22.7. The Balaban J connectivity index is 0. The van der Waals surface area contributed by atoms with E-state index in [4.69, 9.17) is 4.74 Å². The third kappa shape index (κ3) is 6.65. The smallest absolute Gasteiger partial charge is 0.610 e. The second-order valence-electron chi connectivity index (χ2n) is 5.39. The van der Waals surface area contributed by atoms with Crippen LogP contribution in [0.4, 0.5) is 0 Å². The second-order valence-corrected chi connectivity index (χ2v) is 5.39. The SMILES string of the molecule is CC(C)(C)C(=O)[CH-]OC(=O)C(C)(C)C.[Li+]. The van der Waals surface area contributed by atoms with Crippen molar-refractivity contribution in [3.63, 3.8) is 0 Å². The van der Waals surface area contributed by atoms with Gasteiger partial charge in [0.2, 0.25) is 0 Å². The predicted octanol–water partition coefficient (Wildman–Crippen LogP) is -0.643. The molecule has 0 heterocycles. The fourth-order valence-electron chi connectivity index (χ4n) is 0.461. The number of ether oxygens (including phenoxy) is 1. The zero-order valence-electron chi connectivity index (χ0n) is 10.8. The molecule has 0 amide bonds. The van der Waals surface area contributed by atoms with E-state index in [9.17, 15) is 9.59 Å². The van der Waals surface area contributed by atoms with Crippen LogP contribution in [0.5, 0.6) is 0 Å². The molecular weight excluding hydrogens is 187 g/mol. The van der Waals surface area contributed by atoms with Crippen LogP contribution in [0.25, 0.3) is 0 Å². The summed E-state index contributed by atoms with van der Waals surface area (Å²) < 4.78 is 4.78. The van der Waals surface area contributed by atoms with Crippen LogP contribution in [0.3, 0.4) is 0 Å². The number of hydrogen-bond donors (Lipinski definition) is 0. The Kier molecular flexibility index (Phi) is 6.38. The van der Waals surface area contributed by atoms with Gasteiger partial charge in [-0.25, -0.2) is 0 Å². The molecule has 0 fully saturated rings. The van der Waals surface area contributed by atoms with E-state index < -0.39 is 16.8 Å². The van der Waals surface area contributed by atoms with E-state index >= 15 is 0 Å². The van der Waals surface area contributed by atoms with Gasteiger partial charge >= 0.3 is 18.9 Å². The first-order chi connectivity index (χ1) is 6.05. The molecular formula is C11H19LiO3. The molecule has 0 aliphatic carbocycles. The topological polar surface area (TPSA) is 43.4 Å². The Morgan fingerprint density at radius 2 is 1.33 bits per heavy atom. The van der Waals surface area contributed by atoms with E-state index in [0.717, 1.165) is 6.61 Å². The fraction of sp³-hybridized carbons (Fsp3) is 0.727. The molecule has 0 saturated carbocycles. The fourth-order valence-corrected chi connectivity index (χ4v) is 0.461. The average Bonchev–Trinajstić information content (AvgIpc) is 1.95. The van der Waals surface area contributed by atoms with Crippen LogP contribution < -0.4 is 18.9 Å². The van der Waals surface area contributed by atoms with Crippen LogP contribution in [0.15, 0.2) is 0 Å². The largest absolute Gasteiger partial charge is 1.00 e. The molecule has 4 heteroatoms. The van der Waals surface area contributed by atoms with Crippen molar-refractivity contribution in [2.75, 3.05) is 0 Å². The molecule has 0 aliphatic rings. The van der Waals surface area contributed by atoms with Crippen molar-refractivity contribution < 1.29 is 33.2 Å². The van der Waals surface area contributed by atoms with Gasteiger partial charge in [0.15, 0.2) is 0 Å². The van der Waals surface area contributed by atoms with Gasteiger partial charge in [0.05, 0.1) is 5.41 Å². The Morgan fingerprint density at radius 3 is 1.60 bits per heavy atom. The van der Waals surface area contributed by atoms with Gasteiger partial charge in [0.1, 0.15) is 0 Å². The molecule has 0 aliphatic heterocycles. The molecule has 0 unspecified atom stereocenters. The second kappa shape index (κ2) is 5.63. The summed E-state index contributed by atoms with van der Waals surface area (Å²) in [5, 5.41) is 0. The maximum absolute atomic E-state index is 11.4. The summed E-state index contributed by atoms with van der Waals surface area (Å²) in [5.41, 5.74) is -1.08. The van der Waals surface area contributed by atoms with Crippen LogP contribution in [0, 0.1) is 17.4 Å². The number of hydrogen-bond acceptors (Lipinski definition) is 3. The number of rotatable bonds is 2. The molecule has 0 atom stereocenters. The first-order valence-corrected chi connectivity index (χ1v) is 4.64.